The van der Waals surface area contributed by atoms with Gasteiger partial charge in [-0.3, -0.25) is 0 Å². The maximum Gasteiger partial charge on any atom is 0.0788 e. The fraction of sp³-hybridized carbons (Fsp3) is 0.467. The minimum atomic E-state index is -0.436. The molecule has 1 unspecified atom stereocenters. The van der Waals surface area contributed by atoms with Crippen molar-refractivity contribution in [3.05, 3.63) is 35.5 Å². The summed E-state index contributed by atoms with van der Waals surface area (Å²) < 4.78 is 0. The molecule has 2 aromatic rings. The molecule has 4 N–H and O–H groups in total. The average Bonchev–Trinajstić information content (AvgIpc) is 2.71. The Hall–Kier alpha value is -1.36. The smallest absolute Gasteiger partial charge is 0.0788 e. The lowest BCUT2D eigenvalue weighted by molar-refractivity contribution is 0.133. The molecule has 1 aromatic heterocycles. The fourth-order valence-electron chi connectivity index (χ4n) is 2.49. The van der Waals surface area contributed by atoms with Crippen molar-refractivity contribution >= 4 is 10.9 Å². The van der Waals surface area contributed by atoms with Crippen LogP contribution in [-0.4, -0.2) is 47.8 Å². The van der Waals surface area contributed by atoms with Crippen LogP contribution in [0.2, 0.25) is 0 Å². The number of hydrogen-bond donors (Lipinski definition) is 3. The Morgan fingerprint density at radius 2 is 2.11 bits per heavy atom. The summed E-state index contributed by atoms with van der Waals surface area (Å²) in [5, 5.41) is 10.8. The molecule has 1 heterocycles. The monoisotopic (exact) mass is 261 g/mol. The minimum absolute atomic E-state index is 0.316. The van der Waals surface area contributed by atoms with E-state index in [9.17, 15) is 5.11 Å². The van der Waals surface area contributed by atoms with Gasteiger partial charge in [0.05, 0.1) is 6.10 Å². The van der Waals surface area contributed by atoms with Gasteiger partial charge in [-0.15, -0.1) is 0 Å². The number of nitrogens with zero attached hydrogens (tertiary/aromatic N) is 1. The lowest BCUT2D eigenvalue weighted by Gasteiger charge is -2.19. The van der Waals surface area contributed by atoms with Gasteiger partial charge >= 0.3 is 0 Å². The van der Waals surface area contributed by atoms with Crippen LogP contribution in [0.25, 0.3) is 10.9 Å². The number of aromatic nitrogens is 1. The van der Waals surface area contributed by atoms with E-state index in [0.29, 0.717) is 13.1 Å². The van der Waals surface area contributed by atoms with Gasteiger partial charge in [0.15, 0.2) is 0 Å². The summed E-state index contributed by atoms with van der Waals surface area (Å²) in [5.74, 6) is 0. The van der Waals surface area contributed by atoms with Gasteiger partial charge in [0.1, 0.15) is 0 Å². The molecular formula is C15H23N3O. The van der Waals surface area contributed by atoms with Crippen LogP contribution < -0.4 is 5.73 Å². The molecule has 0 spiro atoms. The molecule has 0 aliphatic carbocycles. The van der Waals surface area contributed by atoms with Crippen molar-refractivity contribution < 1.29 is 5.11 Å². The van der Waals surface area contributed by atoms with Gasteiger partial charge in [-0.25, -0.2) is 0 Å². The van der Waals surface area contributed by atoms with Crippen molar-refractivity contribution in [1.29, 1.82) is 0 Å². The number of nitrogens with two attached hydrogens (primary N) is 1. The normalized spacial score (nSPS) is 13.3. The van der Waals surface area contributed by atoms with Crippen molar-refractivity contribution in [3.8, 4) is 0 Å². The minimum Gasteiger partial charge on any atom is -0.390 e. The van der Waals surface area contributed by atoms with Gasteiger partial charge in [0.25, 0.3) is 0 Å². The lowest BCUT2D eigenvalue weighted by Crippen LogP contribution is -2.35. The third-order valence-electron chi connectivity index (χ3n) is 3.57. The van der Waals surface area contributed by atoms with Crippen LogP contribution in [0.1, 0.15) is 11.3 Å². The Balaban J connectivity index is 2.03. The van der Waals surface area contributed by atoms with Crippen LogP contribution >= 0.6 is 0 Å². The van der Waals surface area contributed by atoms with E-state index in [4.69, 9.17) is 5.73 Å². The third-order valence-corrected chi connectivity index (χ3v) is 3.57. The van der Waals surface area contributed by atoms with Crippen molar-refractivity contribution in [1.82, 2.24) is 9.88 Å². The average molecular weight is 261 g/mol. The van der Waals surface area contributed by atoms with E-state index >= 15 is 0 Å². The zero-order chi connectivity index (χ0) is 13.8. The summed E-state index contributed by atoms with van der Waals surface area (Å²) in [6.45, 7) is 3.97. The zero-order valence-corrected chi connectivity index (χ0v) is 11.7. The Morgan fingerprint density at radius 1 is 1.37 bits per heavy atom. The summed E-state index contributed by atoms with van der Waals surface area (Å²) in [4.78, 5) is 5.54. The summed E-state index contributed by atoms with van der Waals surface area (Å²) in [5.41, 5.74) is 9.22. The van der Waals surface area contributed by atoms with Crippen molar-refractivity contribution in [2.24, 2.45) is 5.73 Å². The number of H-pyrrole nitrogens is 1. The highest BCUT2D eigenvalue weighted by molar-refractivity contribution is 5.84. The molecule has 1 aromatic carbocycles. The van der Waals surface area contributed by atoms with Gasteiger partial charge in [-0.2, -0.15) is 0 Å². The number of aliphatic hydroxyl groups excluding tert-OH is 1. The lowest BCUT2D eigenvalue weighted by atomic mass is 10.1. The standard InChI is InChI=1S/C15H23N3O/c1-11-13(7-8-18(2)10-12(19)9-16)14-5-3-4-6-15(14)17-11/h3-6,12,17,19H,7-10,16H2,1-2H3. The maximum atomic E-state index is 9.54. The Labute approximate surface area is 114 Å². The fourth-order valence-corrected chi connectivity index (χ4v) is 2.49. The maximum absolute atomic E-state index is 9.54. The van der Waals surface area contributed by atoms with Crippen molar-refractivity contribution in [3.63, 3.8) is 0 Å². The first-order valence-electron chi connectivity index (χ1n) is 6.74. The molecule has 0 saturated heterocycles. The molecule has 19 heavy (non-hydrogen) atoms. The molecule has 0 fully saturated rings. The summed E-state index contributed by atoms with van der Waals surface area (Å²) in [6, 6.07) is 8.38. The molecule has 4 heteroatoms. The van der Waals surface area contributed by atoms with Crippen LogP contribution in [0.3, 0.4) is 0 Å². The predicted octanol–water partition coefficient (Wildman–Crippen LogP) is 1.27. The first kappa shape index (κ1) is 14.1. The molecule has 0 saturated carbocycles. The molecule has 1 atom stereocenters. The van der Waals surface area contributed by atoms with Gasteiger partial charge in [0, 0.05) is 36.2 Å². The second-order valence-electron chi connectivity index (χ2n) is 5.18. The Bertz CT molecular complexity index is 535. The van der Waals surface area contributed by atoms with Crippen LogP contribution in [-0.2, 0) is 6.42 Å². The van der Waals surface area contributed by atoms with Crippen molar-refractivity contribution in [2.45, 2.75) is 19.4 Å². The number of benzene rings is 1. The largest absolute Gasteiger partial charge is 0.390 e. The Morgan fingerprint density at radius 3 is 2.84 bits per heavy atom. The predicted molar refractivity (Wildman–Crippen MR) is 79.3 cm³/mol. The van der Waals surface area contributed by atoms with E-state index in [2.05, 4.69) is 35.0 Å². The van der Waals surface area contributed by atoms with E-state index in [1.54, 1.807) is 0 Å². The number of nitrogens with one attached hydrogen (secondary N) is 1. The number of hydrogen-bond acceptors (Lipinski definition) is 3. The Kier molecular flexibility index (Phi) is 4.58. The molecule has 4 nitrogen and oxygen atoms in total. The topological polar surface area (TPSA) is 65.3 Å². The second-order valence-corrected chi connectivity index (χ2v) is 5.18. The highest BCUT2D eigenvalue weighted by Crippen LogP contribution is 2.22. The van der Waals surface area contributed by atoms with E-state index in [1.165, 1.54) is 22.2 Å². The number of para-hydroxylation sites is 1. The van der Waals surface area contributed by atoms with Gasteiger partial charge < -0.3 is 20.7 Å². The van der Waals surface area contributed by atoms with E-state index in [-0.39, 0.29) is 0 Å². The molecule has 0 radical (unpaired) electrons. The molecule has 0 bridgehead atoms. The quantitative estimate of drug-likeness (QED) is 0.733. The molecule has 0 aliphatic rings. The highest BCUT2D eigenvalue weighted by atomic mass is 16.3. The van der Waals surface area contributed by atoms with Crippen molar-refractivity contribution in [2.75, 3.05) is 26.7 Å². The number of likely N-dealkylation sites (N-methyl/N-ethyl adjacent to an activating group) is 1. The second kappa shape index (κ2) is 6.19. The first-order valence-corrected chi connectivity index (χ1v) is 6.74. The molecule has 104 valence electrons. The van der Waals surface area contributed by atoms with E-state index < -0.39 is 6.10 Å². The number of rotatable bonds is 6. The molecule has 2 rings (SSSR count). The van der Waals surface area contributed by atoms with Gasteiger partial charge in [0.2, 0.25) is 0 Å². The van der Waals surface area contributed by atoms with Crippen LogP contribution in [0.4, 0.5) is 0 Å². The zero-order valence-electron chi connectivity index (χ0n) is 11.7. The van der Waals surface area contributed by atoms with E-state index in [1.807, 2.05) is 13.1 Å². The highest BCUT2D eigenvalue weighted by Gasteiger charge is 2.10. The first-order chi connectivity index (χ1) is 9.11. The molecule has 0 amide bonds. The SMILES string of the molecule is Cc1[nH]c2ccccc2c1CCN(C)CC(O)CN. The van der Waals surface area contributed by atoms with Gasteiger partial charge in [-0.1, -0.05) is 18.2 Å². The van der Waals surface area contributed by atoms with Crippen LogP contribution in [0.5, 0.6) is 0 Å². The summed E-state index contributed by atoms with van der Waals surface area (Å²) in [7, 11) is 2.02. The number of aryl methyl sites for hydroxylation is 1. The summed E-state index contributed by atoms with van der Waals surface area (Å²) >= 11 is 0. The van der Waals surface area contributed by atoms with E-state index in [0.717, 1.165) is 13.0 Å². The third kappa shape index (κ3) is 3.35. The molecular weight excluding hydrogens is 238 g/mol. The van der Waals surface area contributed by atoms with Gasteiger partial charge in [-0.05, 0) is 32.0 Å². The van der Waals surface area contributed by atoms with Crippen LogP contribution in [0.15, 0.2) is 24.3 Å². The summed E-state index contributed by atoms with van der Waals surface area (Å²) in [6.07, 6.45) is 0.540. The number of fused-ring (bicyclic) bond motifs is 1. The molecule has 0 aliphatic heterocycles. The van der Waals surface area contributed by atoms with Crippen LogP contribution in [0, 0.1) is 6.92 Å². The number of aromatic amines is 1. The number of aliphatic hydroxyl groups is 1.